The molecule has 0 aromatic carbocycles. The Labute approximate surface area is 77.0 Å². The van der Waals surface area contributed by atoms with Gasteiger partial charge in [0, 0.05) is 6.42 Å². The van der Waals surface area contributed by atoms with E-state index in [4.69, 9.17) is 15.9 Å². The summed E-state index contributed by atoms with van der Waals surface area (Å²) in [6.07, 6.45) is -0.350. The van der Waals surface area contributed by atoms with Gasteiger partial charge in [0.05, 0.1) is 0 Å². The number of carbonyl (C=O) groups is 2. The first kappa shape index (κ1) is 11.1. The van der Waals surface area contributed by atoms with Crippen molar-refractivity contribution in [3.8, 4) is 0 Å². The highest BCUT2D eigenvalue weighted by Crippen LogP contribution is 2.18. The molecule has 0 fully saturated rings. The fraction of sp³-hybridized carbons (Fsp3) is 0.333. The highest BCUT2D eigenvalue weighted by molar-refractivity contribution is 9.11. The van der Waals surface area contributed by atoms with Crippen molar-refractivity contribution in [2.45, 2.75) is 12.0 Å². The summed E-state index contributed by atoms with van der Waals surface area (Å²) in [6, 6.07) is 0. The predicted molar refractivity (Wildman–Crippen MR) is 44.9 cm³/mol. The number of nitrogens with two attached hydrogens (primary N) is 1. The summed E-state index contributed by atoms with van der Waals surface area (Å²) in [5.74, 6) is -3.17. The number of halogens is 1. The molecular formula is C6H8BrNO4. The normalized spacial score (nSPS) is 10.8. The highest BCUT2D eigenvalue weighted by atomic mass is 79.9. The van der Waals surface area contributed by atoms with E-state index < -0.39 is 17.5 Å². The zero-order valence-corrected chi connectivity index (χ0v) is 7.67. The van der Waals surface area contributed by atoms with Crippen molar-refractivity contribution in [3.05, 3.63) is 11.1 Å². The minimum Gasteiger partial charge on any atom is -0.479 e. The summed E-state index contributed by atoms with van der Waals surface area (Å²) < 4.78 is 0.231. The molecule has 0 bridgehead atoms. The van der Waals surface area contributed by atoms with Crippen LogP contribution in [0.15, 0.2) is 11.1 Å². The van der Waals surface area contributed by atoms with Crippen molar-refractivity contribution >= 4 is 27.9 Å². The lowest BCUT2D eigenvalue weighted by Gasteiger charge is -2.18. The predicted octanol–water partition coefficient (Wildman–Crippen LogP) is 0.152. The van der Waals surface area contributed by atoms with E-state index in [9.17, 15) is 9.59 Å². The maximum atomic E-state index is 10.4. The van der Waals surface area contributed by atoms with Crippen LogP contribution in [0.2, 0.25) is 0 Å². The topological polar surface area (TPSA) is 101 Å². The van der Waals surface area contributed by atoms with Gasteiger partial charge in [-0.15, -0.1) is 0 Å². The van der Waals surface area contributed by atoms with Crippen LogP contribution in [0, 0.1) is 0 Å². The minimum absolute atomic E-state index is 0.231. The van der Waals surface area contributed by atoms with Gasteiger partial charge in [0.15, 0.2) is 0 Å². The summed E-state index contributed by atoms with van der Waals surface area (Å²) in [7, 11) is 0. The average molecular weight is 238 g/mol. The Morgan fingerprint density at radius 2 is 1.75 bits per heavy atom. The average Bonchev–Trinajstić information content (AvgIpc) is 1.84. The van der Waals surface area contributed by atoms with Gasteiger partial charge in [0.1, 0.15) is 0 Å². The second-order valence-corrected chi connectivity index (χ2v) is 3.40. The van der Waals surface area contributed by atoms with Crippen LogP contribution in [0.5, 0.6) is 0 Å². The molecule has 0 atom stereocenters. The van der Waals surface area contributed by atoms with Crippen LogP contribution in [-0.4, -0.2) is 27.7 Å². The molecule has 0 aliphatic carbocycles. The number of rotatable bonds is 4. The molecule has 68 valence electrons. The number of aliphatic carboxylic acids is 2. The van der Waals surface area contributed by atoms with Gasteiger partial charge in [-0.1, -0.05) is 22.5 Å². The van der Waals surface area contributed by atoms with Gasteiger partial charge >= 0.3 is 11.9 Å². The SMILES string of the molecule is C=C(Br)CC(N)(C(=O)O)C(=O)O. The molecule has 6 heteroatoms. The minimum atomic E-state index is -2.29. The molecule has 0 rings (SSSR count). The molecular weight excluding hydrogens is 230 g/mol. The van der Waals surface area contributed by atoms with Gasteiger partial charge in [-0.05, 0) is 4.48 Å². The summed E-state index contributed by atoms with van der Waals surface area (Å²) in [5, 5.41) is 17.0. The second kappa shape index (κ2) is 3.68. The lowest BCUT2D eigenvalue weighted by atomic mass is 9.97. The molecule has 0 aromatic heterocycles. The molecule has 0 saturated carbocycles. The standard InChI is InChI=1S/C6H8BrNO4/c1-3(7)2-6(8,4(9)10)5(11)12/h1-2,8H2,(H,9,10)(H,11,12). The van der Waals surface area contributed by atoms with Crippen molar-refractivity contribution in [1.29, 1.82) is 0 Å². The van der Waals surface area contributed by atoms with E-state index in [0.29, 0.717) is 0 Å². The van der Waals surface area contributed by atoms with Crippen molar-refractivity contribution in [2.75, 3.05) is 0 Å². The molecule has 0 unspecified atom stereocenters. The van der Waals surface area contributed by atoms with Crippen LogP contribution in [0.4, 0.5) is 0 Å². The van der Waals surface area contributed by atoms with Crippen LogP contribution in [0.25, 0.3) is 0 Å². The van der Waals surface area contributed by atoms with E-state index >= 15 is 0 Å². The Kier molecular flexibility index (Phi) is 3.41. The molecule has 0 saturated heterocycles. The van der Waals surface area contributed by atoms with E-state index in [1.807, 2.05) is 0 Å². The third kappa shape index (κ3) is 2.31. The maximum Gasteiger partial charge on any atom is 0.335 e. The van der Waals surface area contributed by atoms with Gasteiger partial charge < -0.3 is 15.9 Å². The van der Waals surface area contributed by atoms with Gasteiger partial charge in [0.25, 0.3) is 0 Å². The van der Waals surface area contributed by atoms with Crippen LogP contribution in [0.3, 0.4) is 0 Å². The van der Waals surface area contributed by atoms with Crippen LogP contribution in [0.1, 0.15) is 6.42 Å². The van der Waals surface area contributed by atoms with Crippen molar-refractivity contribution in [3.63, 3.8) is 0 Å². The summed E-state index contributed by atoms with van der Waals surface area (Å²) in [4.78, 5) is 20.9. The van der Waals surface area contributed by atoms with Gasteiger partial charge in [-0.3, -0.25) is 0 Å². The number of hydrogen-bond acceptors (Lipinski definition) is 3. The van der Waals surface area contributed by atoms with Gasteiger partial charge in [-0.2, -0.15) is 0 Å². The van der Waals surface area contributed by atoms with Crippen molar-refractivity contribution < 1.29 is 19.8 Å². The van der Waals surface area contributed by atoms with Crippen LogP contribution < -0.4 is 5.73 Å². The van der Waals surface area contributed by atoms with Crippen molar-refractivity contribution in [2.24, 2.45) is 5.73 Å². The fourth-order valence-electron chi connectivity index (χ4n) is 0.545. The fourth-order valence-corrected chi connectivity index (χ4v) is 0.987. The molecule has 12 heavy (non-hydrogen) atoms. The quantitative estimate of drug-likeness (QED) is 0.605. The largest absolute Gasteiger partial charge is 0.479 e. The van der Waals surface area contributed by atoms with Crippen LogP contribution >= 0.6 is 15.9 Å². The van der Waals surface area contributed by atoms with E-state index in [0.717, 1.165) is 0 Å². The monoisotopic (exact) mass is 237 g/mol. The molecule has 0 spiro atoms. The molecule has 0 aliphatic heterocycles. The maximum absolute atomic E-state index is 10.4. The Hall–Kier alpha value is -0.880. The third-order valence-electron chi connectivity index (χ3n) is 1.23. The molecule has 5 nitrogen and oxygen atoms in total. The molecule has 0 amide bonds. The smallest absolute Gasteiger partial charge is 0.335 e. The van der Waals surface area contributed by atoms with Gasteiger partial charge in [0.2, 0.25) is 5.54 Å². The molecule has 4 N–H and O–H groups in total. The van der Waals surface area contributed by atoms with E-state index in [1.54, 1.807) is 0 Å². The Balaban J connectivity index is 4.75. The number of carboxylic acids is 2. The van der Waals surface area contributed by atoms with E-state index in [-0.39, 0.29) is 10.9 Å². The molecule has 0 aliphatic rings. The van der Waals surface area contributed by atoms with Crippen molar-refractivity contribution in [1.82, 2.24) is 0 Å². The summed E-state index contributed by atoms with van der Waals surface area (Å²) >= 11 is 2.85. The third-order valence-corrected chi connectivity index (χ3v) is 1.51. The molecule has 0 aromatic rings. The van der Waals surface area contributed by atoms with E-state index in [2.05, 4.69) is 22.5 Å². The summed E-state index contributed by atoms with van der Waals surface area (Å²) in [5.41, 5.74) is 2.80. The first-order chi connectivity index (χ1) is 5.30. The lowest BCUT2D eigenvalue weighted by Crippen LogP contribution is -2.54. The highest BCUT2D eigenvalue weighted by Gasteiger charge is 2.42. The Bertz CT molecular complexity index is 224. The van der Waals surface area contributed by atoms with E-state index in [1.165, 1.54) is 0 Å². The lowest BCUT2D eigenvalue weighted by molar-refractivity contribution is -0.156. The summed E-state index contributed by atoms with van der Waals surface area (Å²) in [6.45, 7) is 3.31. The molecule has 0 radical (unpaired) electrons. The number of hydrogen-bond donors (Lipinski definition) is 3. The first-order valence-electron chi connectivity index (χ1n) is 2.89. The molecule has 0 heterocycles. The zero-order valence-electron chi connectivity index (χ0n) is 6.08. The Morgan fingerprint density at radius 1 is 1.42 bits per heavy atom. The zero-order chi connectivity index (χ0) is 9.94. The van der Waals surface area contributed by atoms with Gasteiger partial charge in [-0.25, -0.2) is 9.59 Å². The second-order valence-electron chi connectivity index (χ2n) is 2.28. The number of carboxylic acid groups (broad SMARTS) is 2. The Morgan fingerprint density at radius 3 is 1.83 bits per heavy atom. The first-order valence-corrected chi connectivity index (χ1v) is 3.69. The van der Waals surface area contributed by atoms with Crippen LogP contribution in [-0.2, 0) is 9.59 Å².